The second-order valence-corrected chi connectivity index (χ2v) is 8.30. The Morgan fingerprint density at radius 2 is 2.00 bits per heavy atom. The van der Waals surface area contributed by atoms with Crippen molar-refractivity contribution in [3.8, 4) is 0 Å². The van der Waals surface area contributed by atoms with E-state index in [0.29, 0.717) is 17.3 Å². The van der Waals surface area contributed by atoms with E-state index in [1.165, 1.54) is 7.11 Å². The van der Waals surface area contributed by atoms with Gasteiger partial charge >= 0.3 is 5.97 Å². The first-order valence-corrected chi connectivity index (χ1v) is 10.4. The van der Waals surface area contributed by atoms with Crippen molar-refractivity contribution in [3.05, 3.63) is 28.8 Å². The predicted molar refractivity (Wildman–Crippen MR) is 108 cm³/mol. The first kappa shape index (κ1) is 21.8. The van der Waals surface area contributed by atoms with E-state index in [1.54, 1.807) is 23.1 Å². The van der Waals surface area contributed by atoms with E-state index >= 15 is 0 Å². The van der Waals surface area contributed by atoms with E-state index in [-0.39, 0.29) is 49.3 Å². The Hall–Kier alpha value is -1.86. The monoisotopic (exact) mass is 426 g/mol. The molecule has 0 radical (unpaired) electrons. The number of nitrogen functional groups attached to an aromatic ring is 1. The molecule has 6 nitrogen and oxygen atoms in total. The van der Waals surface area contributed by atoms with Crippen LogP contribution < -0.4 is 5.73 Å². The summed E-state index contributed by atoms with van der Waals surface area (Å²) >= 11 is 6.02. The lowest BCUT2D eigenvalue weighted by atomic mass is 9.87. The van der Waals surface area contributed by atoms with Crippen LogP contribution in [0.3, 0.4) is 0 Å². The van der Waals surface area contributed by atoms with Crippen molar-refractivity contribution in [2.24, 2.45) is 5.92 Å². The van der Waals surface area contributed by atoms with Crippen molar-refractivity contribution in [2.45, 2.75) is 56.8 Å². The van der Waals surface area contributed by atoms with Gasteiger partial charge in [0.25, 0.3) is 0 Å². The van der Waals surface area contributed by atoms with Crippen LogP contribution in [0.15, 0.2) is 18.2 Å². The number of nitrogens with two attached hydrogens (primary N) is 1. The summed E-state index contributed by atoms with van der Waals surface area (Å²) in [6.45, 7) is 0.396. The number of ether oxygens (including phenoxy) is 2. The number of nitrogens with zero attached hydrogens (tertiary/aromatic N) is 1. The van der Waals surface area contributed by atoms with Crippen molar-refractivity contribution in [1.82, 2.24) is 4.90 Å². The first-order valence-electron chi connectivity index (χ1n) is 10.0. The van der Waals surface area contributed by atoms with Gasteiger partial charge in [0.2, 0.25) is 5.91 Å². The Labute approximate surface area is 175 Å². The van der Waals surface area contributed by atoms with Gasteiger partial charge in [0.15, 0.2) is 0 Å². The number of rotatable bonds is 6. The summed E-state index contributed by atoms with van der Waals surface area (Å²) in [6, 6.07) is 4.81. The summed E-state index contributed by atoms with van der Waals surface area (Å²) in [5.41, 5.74) is 6.91. The molecule has 2 N–H and O–H groups in total. The number of likely N-dealkylation sites (tertiary alicyclic amines) is 1. The molecule has 3 rings (SSSR count). The van der Waals surface area contributed by atoms with Crippen molar-refractivity contribution < 1.29 is 23.5 Å². The van der Waals surface area contributed by atoms with E-state index in [9.17, 15) is 14.0 Å². The van der Waals surface area contributed by atoms with Crippen LogP contribution >= 0.6 is 11.6 Å². The van der Waals surface area contributed by atoms with E-state index < -0.39 is 6.17 Å². The lowest BCUT2D eigenvalue weighted by molar-refractivity contribution is -0.148. The fourth-order valence-electron chi connectivity index (χ4n) is 4.16. The maximum absolute atomic E-state index is 14.0. The average Bonchev–Trinajstić information content (AvgIpc) is 3.09. The van der Waals surface area contributed by atoms with E-state index in [4.69, 9.17) is 26.8 Å². The van der Waals surface area contributed by atoms with Crippen LogP contribution in [0.2, 0.25) is 5.02 Å². The van der Waals surface area contributed by atoms with Crippen LogP contribution in [-0.4, -0.2) is 55.4 Å². The number of hydrogen-bond acceptors (Lipinski definition) is 5. The number of methoxy groups -OCH3 is 1. The van der Waals surface area contributed by atoms with E-state index in [2.05, 4.69) is 0 Å². The van der Waals surface area contributed by atoms with Crippen molar-refractivity contribution >= 4 is 29.2 Å². The third-order valence-electron chi connectivity index (χ3n) is 5.84. The molecule has 1 aliphatic carbocycles. The molecule has 0 spiro atoms. The topological polar surface area (TPSA) is 81.9 Å². The van der Waals surface area contributed by atoms with Crippen molar-refractivity contribution in [2.75, 3.05) is 26.0 Å². The lowest BCUT2D eigenvalue weighted by Gasteiger charge is -2.30. The van der Waals surface area contributed by atoms with Crippen molar-refractivity contribution in [3.63, 3.8) is 0 Å². The smallest absolute Gasteiger partial charge is 0.308 e. The van der Waals surface area contributed by atoms with Gasteiger partial charge in [0, 0.05) is 6.42 Å². The lowest BCUT2D eigenvalue weighted by Crippen LogP contribution is -2.40. The molecule has 8 heteroatoms. The van der Waals surface area contributed by atoms with Gasteiger partial charge in [-0.25, -0.2) is 4.39 Å². The Bertz CT molecular complexity index is 739. The van der Waals surface area contributed by atoms with Gasteiger partial charge in [-0.05, 0) is 43.4 Å². The molecule has 0 unspecified atom stereocenters. The average molecular weight is 427 g/mol. The summed E-state index contributed by atoms with van der Waals surface area (Å²) in [6.07, 6.45) is 2.41. The normalized spacial score (nSPS) is 27.1. The van der Waals surface area contributed by atoms with E-state index in [0.717, 1.165) is 31.2 Å². The SMILES string of the molecule is COC(=O)[C@H]1CC[C@H](OC[C@@H]2C[C@H](F)CN2C(=O)Cc2ccc(N)c(Cl)c2)CC1. The van der Waals surface area contributed by atoms with Crippen LogP contribution in [0.1, 0.15) is 37.7 Å². The Morgan fingerprint density at radius 1 is 1.28 bits per heavy atom. The Kier molecular flexibility index (Phi) is 7.35. The largest absolute Gasteiger partial charge is 0.469 e. The summed E-state index contributed by atoms with van der Waals surface area (Å²) in [7, 11) is 1.41. The standard InChI is InChI=1S/C21H28ClFN2O4/c1-28-21(27)14-3-5-17(6-4-14)29-12-16-10-15(23)11-25(16)20(26)9-13-2-7-19(24)18(22)8-13/h2,7-8,14-17H,3-6,9-12,24H2,1H3/t14-,15-,16-,17-/m0/s1. The van der Waals surface area contributed by atoms with Crippen LogP contribution in [-0.2, 0) is 25.5 Å². The molecule has 0 aromatic heterocycles. The number of amides is 1. The minimum Gasteiger partial charge on any atom is -0.469 e. The number of benzene rings is 1. The maximum atomic E-state index is 14.0. The Balaban J connectivity index is 1.51. The van der Waals surface area contributed by atoms with Gasteiger partial charge in [-0.15, -0.1) is 0 Å². The highest BCUT2D eigenvalue weighted by Crippen LogP contribution is 2.29. The van der Waals surface area contributed by atoms with Crippen molar-refractivity contribution in [1.29, 1.82) is 0 Å². The van der Waals surface area contributed by atoms with Crippen LogP contribution in [0.5, 0.6) is 0 Å². The molecule has 2 atom stereocenters. The molecule has 2 aliphatic rings. The zero-order chi connectivity index (χ0) is 21.0. The molecule has 1 aromatic carbocycles. The number of halogens is 2. The number of alkyl halides is 1. The molecular formula is C21H28ClFN2O4. The number of esters is 1. The molecule has 1 saturated carbocycles. The third-order valence-corrected chi connectivity index (χ3v) is 6.16. The molecule has 1 amide bonds. The molecule has 1 saturated heterocycles. The summed E-state index contributed by atoms with van der Waals surface area (Å²) < 4.78 is 24.8. The van der Waals surface area contributed by atoms with Gasteiger partial charge in [-0.3, -0.25) is 9.59 Å². The number of hydrogen-bond donors (Lipinski definition) is 1. The minimum absolute atomic E-state index is 0.0300. The van der Waals surface area contributed by atoms with Gasteiger partial charge in [0.1, 0.15) is 6.17 Å². The molecule has 2 fully saturated rings. The highest BCUT2D eigenvalue weighted by Gasteiger charge is 2.36. The van der Waals surface area contributed by atoms with E-state index in [1.807, 2.05) is 0 Å². The van der Waals surface area contributed by atoms with Gasteiger partial charge in [0.05, 0.1) is 55.5 Å². The zero-order valence-corrected chi connectivity index (χ0v) is 17.4. The van der Waals surface area contributed by atoms with Gasteiger partial charge in [-0.1, -0.05) is 17.7 Å². The maximum Gasteiger partial charge on any atom is 0.308 e. The minimum atomic E-state index is -1.04. The molecule has 29 heavy (non-hydrogen) atoms. The number of carbonyl (C=O) groups is 2. The van der Waals surface area contributed by atoms with Crippen LogP contribution in [0, 0.1) is 5.92 Å². The zero-order valence-electron chi connectivity index (χ0n) is 16.6. The van der Waals surface area contributed by atoms with Crippen LogP contribution in [0.25, 0.3) is 0 Å². The van der Waals surface area contributed by atoms with Gasteiger partial charge < -0.3 is 20.1 Å². The fourth-order valence-corrected chi connectivity index (χ4v) is 4.36. The van der Waals surface area contributed by atoms with Gasteiger partial charge in [-0.2, -0.15) is 0 Å². The summed E-state index contributed by atoms with van der Waals surface area (Å²) in [5.74, 6) is -0.376. The van der Waals surface area contributed by atoms with Crippen LogP contribution in [0.4, 0.5) is 10.1 Å². The molecule has 160 valence electrons. The molecule has 1 aromatic rings. The molecule has 1 heterocycles. The number of anilines is 1. The molecule has 0 bridgehead atoms. The summed E-state index contributed by atoms with van der Waals surface area (Å²) in [4.78, 5) is 25.9. The highest BCUT2D eigenvalue weighted by molar-refractivity contribution is 6.33. The first-order chi connectivity index (χ1) is 13.9. The molecule has 1 aliphatic heterocycles. The predicted octanol–water partition coefficient (Wildman–Crippen LogP) is 3.15. The third kappa shape index (κ3) is 5.60. The summed E-state index contributed by atoms with van der Waals surface area (Å²) in [5, 5.41) is 0.405. The second kappa shape index (κ2) is 9.76. The Morgan fingerprint density at radius 3 is 2.66 bits per heavy atom. The quantitative estimate of drug-likeness (QED) is 0.558. The fraction of sp³-hybridized carbons (Fsp3) is 0.619. The molecular weight excluding hydrogens is 399 g/mol. The number of carbonyl (C=O) groups excluding carboxylic acids is 2. The highest BCUT2D eigenvalue weighted by atomic mass is 35.5. The second-order valence-electron chi connectivity index (χ2n) is 7.90.